The molecule has 0 fully saturated rings. The van der Waals surface area contributed by atoms with Crippen LogP contribution in [0.4, 0.5) is 4.39 Å². The van der Waals surface area contributed by atoms with Gasteiger partial charge in [-0.1, -0.05) is 24.3 Å². The van der Waals surface area contributed by atoms with Crippen molar-refractivity contribution in [1.29, 1.82) is 0 Å². The fraction of sp³-hybridized carbons (Fsp3) is 0.111. The van der Waals surface area contributed by atoms with E-state index in [2.05, 4.69) is 4.98 Å². The third-order valence-corrected chi connectivity index (χ3v) is 4.92. The third-order valence-electron chi connectivity index (χ3n) is 3.99. The monoisotopic (exact) mass is 374 g/mol. The van der Waals surface area contributed by atoms with Gasteiger partial charge in [0.15, 0.2) is 0 Å². The lowest BCUT2D eigenvalue weighted by Crippen LogP contribution is -2.11. The molecule has 1 unspecified atom stereocenters. The second-order valence-electron chi connectivity index (χ2n) is 5.65. The molecule has 1 aliphatic rings. The quantitative estimate of drug-likeness (QED) is 0.653. The normalized spacial score (nSPS) is 16.8. The topological polar surface area (TPSA) is 99.4 Å². The van der Waals surface area contributed by atoms with Crippen LogP contribution in [0.5, 0.6) is 0 Å². The zero-order valence-corrected chi connectivity index (χ0v) is 14.5. The fourth-order valence-corrected chi connectivity index (χ4v) is 3.24. The van der Waals surface area contributed by atoms with Gasteiger partial charge in [-0.2, -0.15) is 4.39 Å². The van der Waals surface area contributed by atoms with Gasteiger partial charge in [0.25, 0.3) is 0 Å². The Bertz CT molecular complexity index is 1010. The van der Waals surface area contributed by atoms with Crippen LogP contribution in [0.1, 0.15) is 11.1 Å². The van der Waals surface area contributed by atoms with Gasteiger partial charge in [0.1, 0.15) is 0 Å². The Morgan fingerprint density at radius 3 is 2.15 bits per heavy atom. The summed E-state index contributed by atoms with van der Waals surface area (Å²) in [4.78, 5) is 15.6. The second kappa shape index (κ2) is 6.81. The maximum atomic E-state index is 13.1. The molecule has 6 nitrogen and oxygen atoms in total. The standard InChI is InChI=1S/C18H15FN2O4S/c1-25-18(22)13-8-15(11-2-5-14(6-3-11)26(20,23)24)16(9-13)12-4-7-17(19)21-10-12/h2-10,13H,1H3,(H2,20,23,24). The number of methoxy groups -OCH3 is 1. The molecule has 8 heteroatoms. The molecule has 0 bridgehead atoms. The highest BCUT2D eigenvalue weighted by molar-refractivity contribution is 7.89. The van der Waals surface area contributed by atoms with Crippen molar-refractivity contribution in [3.63, 3.8) is 0 Å². The van der Waals surface area contributed by atoms with Crippen molar-refractivity contribution in [2.75, 3.05) is 7.11 Å². The number of carbonyl (C=O) groups excluding carboxylic acids is 1. The zero-order valence-electron chi connectivity index (χ0n) is 13.7. The van der Waals surface area contributed by atoms with Crippen molar-refractivity contribution < 1.29 is 22.3 Å². The number of primary sulfonamides is 1. The van der Waals surface area contributed by atoms with E-state index in [4.69, 9.17) is 9.88 Å². The van der Waals surface area contributed by atoms with E-state index < -0.39 is 27.9 Å². The fourth-order valence-electron chi connectivity index (χ4n) is 2.72. The number of ether oxygens (including phenoxy) is 1. The van der Waals surface area contributed by atoms with Crippen LogP contribution < -0.4 is 5.14 Å². The minimum absolute atomic E-state index is 0.0154. The second-order valence-corrected chi connectivity index (χ2v) is 7.21. The summed E-state index contributed by atoms with van der Waals surface area (Å²) in [6.45, 7) is 0. The van der Waals surface area contributed by atoms with Gasteiger partial charge in [-0.05, 0) is 41.0 Å². The molecular formula is C18H15FN2O4S. The summed E-state index contributed by atoms with van der Waals surface area (Å²) in [6, 6.07) is 8.74. The molecule has 1 aliphatic carbocycles. The lowest BCUT2D eigenvalue weighted by Gasteiger charge is -2.10. The summed E-state index contributed by atoms with van der Waals surface area (Å²) < 4.78 is 40.7. The predicted molar refractivity (Wildman–Crippen MR) is 93.5 cm³/mol. The Kier molecular flexibility index (Phi) is 4.71. The van der Waals surface area contributed by atoms with Crippen LogP contribution >= 0.6 is 0 Å². The first-order valence-electron chi connectivity index (χ1n) is 7.56. The van der Waals surface area contributed by atoms with E-state index >= 15 is 0 Å². The summed E-state index contributed by atoms with van der Waals surface area (Å²) in [6.07, 6.45) is 4.77. The van der Waals surface area contributed by atoms with Crippen LogP contribution in [0.3, 0.4) is 0 Å². The van der Waals surface area contributed by atoms with Gasteiger partial charge < -0.3 is 4.74 Å². The molecule has 1 heterocycles. The molecule has 1 aromatic heterocycles. The molecule has 0 spiro atoms. The highest BCUT2D eigenvalue weighted by atomic mass is 32.2. The first-order valence-corrected chi connectivity index (χ1v) is 9.11. The molecule has 0 radical (unpaired) electrons. The number of allylic oxidation sites excluding steroid dienone is 2. The first kappa shape index (κ1) is 18.0. The van der Waals surface area contributed by atoms with Crippen molar-refractivity contribution in [2.45, 2.75) is 4.90 Å². The molecule has 3 rings (SSSR count). The van der Waals surface area contributed by atoms with E-state index in [-0.39, 0.29) is 4.90 Å². The Labute approximate surface area is 149 Å². The number of nitrogens with zero attached hydrogens (tertiary/aromatic N) is 1. The number of halogens is 1. The minimum atomic E-state index is -3.80. The zero-order chi connectivity index (χ0) is 18.9. The van der Waals surface area contributed by atoms with Gasteiger partial charge in [0.2, 0.25) is 16.0 Å². The SMILES string of the molecule is COC(=O)C1C=C(c2ccc(S(N)(=O)=O)cc2)C(c2ccc(F)nc2)=C1. The smallest absolute Gasteiger partial charge is 0.316 e. The molecule has 0 aliphatic heterocycles. The Balaban J connectivity index is 2.05. The third kappa shape index (κ3) is 3.56. The van der Waals surface area contributed by atoms with E-state index in [1.54, 1.807) is 30.4 Å². The van der Waals surface area contributed by atoms with Crippen molar-refractivity contribution in [3.05, 3.63) is 71.8 Å². The van der Waals surface area contributed by atoms with E-state index in [1.165, 1.54) is 31.5 Å². The Morgan fingerprint density at radius 1 is 1.08 bits per heavy atom. The number of esters is 1. The van der Waals surface area contributed by atoms with Crippen molar-refractivity contribution in [2.24, 2.45) is 11.1 Å². The molecule has 134 valence electrons. The number of sulfonamides is 1. The maximum Gasteiger partial charge on any atom is 0.316 e. The number of carbonyl (C=O) groups is 1. The van der Waals surface area contributed by atoms with E-state index in [9.17, 15) is 17.6 Å². The number of nitrogens with two attached hydrogens (primary N) is 1. The van der Waals surface area contributed by atoms with Crippen LogP contribution in [-0.4, -0.2) is 26.5 Å². The van der Waals surface area contributed by atoms with Crippen LogP contribution in [0.15, 0.2) is 59.6 Å². The van der Waals surface area contributed by atoms with E-state index in [0.717, 1.165) is 0 Å². The summed E-state index contributed by atoms with van der Waals surface area (Å²) in [7, 11) is -2.51. The lowest BCUT2D eigenvalue weighted by molar-refractivity contribution is -0.142. The van der Waals surface area contributed by atoms with Crippen LogP contribution in [0.2, 0.25) is 0 Å². The lowest BCUT2D eigenvalue weighted by atomic mass is 9.96. The van der Waals surface area contributed by atoms with E-state index in [0.29, 0.717) is 22.3 Å². The van der Waals surface area contributed by atoms with Gasteiger partial charge in [-0.15, -0.1) is 0 Å². The summed E-state index contributed by atoms with van der Waals surface area (Å²) in [5.74, 6) is -1.65. The number of hydrogen-bond donors (Lipinski definition) is 1. The number of hydrogen-bond acceptors (Lipinski definition) is 5. The Morgan fingerprint density at radius 2 is 1.65 bits per heavy atom. The van der Waals surface area contributed by atoms with Gasteiger partial charge in [0, 0.05) is 11.8 Å². The molecule has 26 heavy (non-hydrogen) atoms. The first-order chi connectivity index (χ1) is 12.3. The molecule has 0 saturated carbocycles. The predicted octanol–water partition coefficient (Wildman–Crippen LogP) is 2.14. The number of benzene rings is 1. The van der Waals surface area contributed by atoms with Crippen LogP contribution in [-0.2, 0) is 19.6 Å². The number of rotatable bonds is 4. The van der Waals surface area contributed by atoms with Crippen molar-refractivity contribution in [3.8, 4) is 0 Å². The Hall–Kier alpha value is -2.84. The molecule has 0 amide bonds. The average molecular weight is 374 g/mol. The van der Waals surface area contributed by atoms with Gasteiger partial charge in [-0.3, -0.25) is 4.79 Å². The van der Waals surface area contributed by atoms with Gasteiger partial charge in [-0.25, -0.2) is 18.5 Å². The largest absolute Gasteiger partial charge is 0.468 e. The summed E-state index contributed by atoms with van der Waals surface area (Å²) >= 11 is 0. The van der Waals surface area contributed by atoms with E-state index in [1.807, 2.05) is 0 Å². The maximum absolute atomic E-state index is 13.1. The van der Waals surface area contributed by atoms with Crippen LogP contribution in [0, 0.1) is 11.9 Å². The molecule has 2 N–H and O–H groups in total. The highest BCUT2D eigenvalue weighted by Gasteiger charge is 2.26. The van der Waals surface area contributed by atoms with Crippen LogP contribution in [0.25, 0.3) is 11.1 Å². The molecule has 1 aromatic carbocycles. The van der Waals surface area contributed by atoms with Crippen molar-refractivity contribution >= 4 is 27.1 Å². The summed E-state index contributed by atoms with van der Waals surface area (Å²) in [5, 5.41) is 5.11. The molecule has 0 saturated heterocycles. The van der Waals surface area contributed by atoms with Gasteiger partial charge >= 0.3 is 5.97 Å². The minimum Gasteiger partial charge on any atom is -0.468 e. The molecule has 1 atom stereocenters. The van der Waals surface area contributed by atoms with Crippen molar-refractivity contribution in [1.82, 2.24) is 4.98 Å². The summed E-state index contributed by atoms with van der Waals surface area (Å²) in [5.41, 5.74) is 2.67. The number of aromatic nitrogens is 1. The molecule has 2 aromatic rings. The highest BCUT2D eigenvalue weighted by Crippen LogP contribution is 2.38. The number of pyridine rings is 1. The molecular weight excluding hydrogens is 359 g/mol. The average Bonchev–Trinajstić information content (AvgIpc) is 3.06. The van der Waals surface area contributed by atoms with Gasteiger partial charge in [0.05, 0.1) is 17.9 Å².